The van der Waals surface area contributed by atoms with E-state index in [1.807, 2.05) is 24.3 Å². The van der Waals surface area contributed by atoms with Crippen LogP contribution in [0.4, 0.5) is 5.69 Å². The smallest absolute Gasteiger partial charge is 0.329 e. The summed E-state index contributed by atoms with van der Waals surface area (Å²) in [7, 11) is 0. The molecule has 0 amide bonds. The van der Waals surface area contributed by atoms with Crippen LogP contribution in [0.1, 0.15) is 46.5 Å². The zero-order valence-corrected chi connectivity index (χ0v) is 14.5. The lowest BCUT2D eigenvalue weighted by Crippen LogP contribution is -2.58. The Kier molecular flexibility index (Phi) is 4.66. The number of carboxylic acids is 1. The second-order valence-corrected chi connectivity index (χ2v) is 7.99. The second kappa shape index (κ2) is 5.99. The Bertz CT molecular complexity index is 524. The molecule has 0 spiro atoms. The van der Waals surface area contributed by atoms with Crippen molar-refractivity contribution in [3.05, 3.63) is 28.7 Å². The molecular formula is C17H24BrNO2. The number of benzene rings is 1. The quantitative estimate of drug-likeness (QED) is 0.810. The van der Waals surface area contributed by atoms with Crippen molar-refractivity contribution >= 4 is 27.6 Å². The molecule has 4 heteroatoms. The van der Waals surface area contributed by atoms with Crippen molar-refractivity contribution in [2.24, 2.45) is 11.3 Å². The first-order valence-corrected chi connectivity index (χ1v) is 8.32. The Morgan fingerprint density at radius 2 is 2.10 bits per heavy atom. The van der Waals surface area contributed by atoms with Gasteiger partial charge in [-0.1, -0.05) is 55.6 Å². The van der Waals surface area contributed by atoms with Crippen LogP contribution in [-0.4, -0.2) is 16.6 Å². The summed E-state index contributed by atoms with van der Waals surface area (Å²) in [6.07, 6.45) is 3.70. The molecule has 2 atom stereocenters. The molecule has 1 aromatic rings. The number of aliphatic carboxylic acids is 1. The third kappa shape index (κ3) is 3.42. The average molecular weight is 354 g/mol. The van der Waals surface area contributed by atoms with Crippen molar-refractivity contribution in [3.8, 4) is 0 Å². The van der Waals surface area contributed by atoms with Gasteiger partial charge in [0.05, 0.1) is 0 Å². The van der Waals surface area contributed by atoms with Crippen LogP contribution in [0.15, 0.2) is 28.7 Å². The molecule has 0 saturated heterocycles. The second-order valence-electron chi connectivity index (χ2n) is 7.08. The van der Waals surface area contributed by atoms with Gasteiger partial charge >= 0.3 is 5.97 Å². The van der Waals surface area contributed by atoms with Crippen LogP contribution in [0.5, 0.6) is 0 Å². The fourth-order valence-corrected chi connectivity index (χ4v) is 4.03. The molecule has 0 bridgehead atoms. The minimum Gasteiger partial charge on any atom is -0.479 e. The molecule has 0 heterocycles. The highest BCUT2D eigenvalue weighted by atomic mass is 79.9. The molecular weight excluding hydrogens is 330 g/mol. The first-order valence-electron chi connectivity index (χ1n) is 7.53. The first-order chi connectivity index (χ1) is 9.75. The number of nitrogens with one attached hydrogen (secondary N) is 1. The molecule has 0 aromatic heterocycles. The normalized spacial score (nSPS) is 26.4. The molecule has 1 aliphatic carbocycles. The van der Waals surface area contributed by atoms with Crippen molar-refractivity contribution in [1.29, 1.82) is 0 Å². The molecule has 0 aliphatic heterocycles. The lowest BCUT2D eigenvalue weighted by molar-refractivity contribution is -0.148. The van der Waals surface area contributed by atoms with E-state index in [4.69, 9.17) is 0 Å². The number of halogens is 1. The Balaban J connectivity index is 2.40. The number of anilines is 1. The Hall–Kier alpha value is -1.03. The van der Waals surface area contributed by atoms with Crippen molar-refractivity contribution in [2.45, 2.75) is 52.0 Å². The maximum absolute atomic E-state index is 12.1. The highest BCUT2D eigenvalue weighted by Gasteiger charge is 2.51. The molecule has 1 fully saturated rings. The molecule has 2 unspecified atom stereocenters. The summed E-state index contributed by atoms with van der Waals surface area (Å²) in [5, 5.41) is 13.3. The lowest BCUT2D eigenvalue weighted by atomic mass is 9.62. The number of hydrogen-bond acceptors (Lipinski definition) is 2. The summed E-state index contributed by atoms with van der Waals surface area (Å²) in [5.74, 6) is -0.627. The molecule has 2 N–H and O–H groups in total. The van der Waals surface area contributed by atoms with Crippen LogP contribution in [0, 0.1) is 11.3 Å². The van der Waals surface area contributed by atoms with Crippen LogP contribution in [0.2, 0.25) is 0 Å². The van der Waals surface area contributed by atoms with Crippen molar-refractivity contribution < 1.29 is 9.90 Å². The van der Waals surface area contributed by atoms with E-state index in [9.17, 15) is 9.90 Å². The van der Waals surface area contributed by atoms with Gasteiger partial charge in [-0.25, -0.2) is 4.79 Å². The third-order valence-corrected chi connectivity index (χ3v) is 5.02. The van der Waals surface area contributed by atoms with E-state index in [2.05, 4.69) is 42.0 Å². The topological polar surface area (TPSA) is 49.3 Å². The summed E-state index contributed by atoms with van der Waals surface area (Å²) in [5.41, 5.74) is -0.0577. The predicted octanol–water partition coefficient (Wildman–Crippen LogP) is 4.92. The van der Waals surface area contributed by atoms with Crippen LogP contribution in [0.3, 0.4) is 0 Å². The molecule has 1 aliphatic rings. The van der Waals surface area contributed by atoms with Gasteiger partial charge in [0.1, 0.15) is 5.54 Å². The highest BCUT2D eigenvalue weighted by Crippen LogP contribution is 2.46. The fraction of sp³-hybridized carbons (Fsp3) is 0.588. The number of hydrogen-bond donors (Lipinski definition) is 2. The highest BCUT2D eigenvalue weighted by molar-refractivity contribution is 9.10. The van der Waals surface area contributed by atoms with Crippen molar-refractivity contribution in [1.82, 2.24) is 0 Å². The Morgan fingerprint density at radius 1 is 1.38 bits per heavy atom. The third-order valence-electron chi connectivity index (χ3n) is 4.53. The van der Waals surface area contributed by atoms with E-state index in [0.29, 0.717) is 6.42 Å². The SMILES string of the molecule is CC(C)(C)C1CCCCC1(Nc1cccc(Br)c1)C(=O)O. The van der Waals surface area contributed by atoms with Gasteiger partial charge in [0.25, 0.3) is 0 Å². The van der Waals surface area contributed by atoms with Crippen molar-refractivity contribution in [3.63, 3.8) is 0 Å². The van der Waals surface area contributed by atoms with Gasteiger partial charge in [-0.3, -0.25) is 0 Å². The van der Waals surface area contributed by atoms with Crippen LogP contribution in [0.25, 0.3) is 0 Å². The maximum Gasteiger partial charge on any atom is 0.329 e. The standard InChI is InChI=1S/C17H24BrNO2/c1-16(2,3)14-9-4-5-10-17(14,15(20)21)19-13-8-6-7-12(18)11-13/h6-8,11,14,19H,4-5,9-10H2,1-3H3,(H,20,21). The summed E-state index contributed by atoms with van der Waals surface area (Å²) >= 11 is 3.45. The predicted molar refractivity (Wildman–Crippen MR) is 89.5 cm³/mol. The van der Waals surface area contributed by atoms with E-state index >= 15 is 0 Å². The van der Waals surface area contributed by atoms with Gasteiger partial charge in [-0.15, -0.1) is 0 Å². The molecule has 116 valence electrons. The molecule has 0 radical (unpaired) electrons. The zero-order chi connectivity index (χ0) is 15.7. The molecule has 3 nitrogen and oxygen atoms in total. The van der Waals surface area contributed by atoms with E-state index in [1.54, 1.807) is 0 Å². The van der Waals surface area contributed by atoms with E-state index < -0.39 is 11.5 Å². The summed E-state index contributed by atoms with van der Waals surface area (Å²) in [6, 6.07) is 7.75. The average Bonchev–Trinajstić information content (AvgIpc) is 2.37. The van der Waals surface area contributed by atoms with E-state index in [0.717, 1.165) is 29.4 Å². The van der Waals surface area contributed by atoms with Gasteiger partial charge in [-0.2, -0.15) is 0 Å². The van der Waals surface area contributed by atoms with Crippen LogP contribution in [-0.2, 0) is 4.79 Å². The molecule has 1 aromatic carbocycles. The lowest BCUT2D eigenvalue weighted by Gasteiger charge is -2.48. The first kappa shape index (κ1) is 16.3. The summed E-state index contributed by atoms with van der Waals surface area (Å²) in [4.78, 5) is 12.1. The van der Waals surface area contributed by atoms with Crippen LogP contribution < -0.4 is 5.32 Å². The number of carbonyl (C=O) groups is 1. The van der Waals surface area contributed by atoms with Gasteiger partial charge in [0, 0.05) is 10.2 Å². The molecule has 21 heavy (non-hydrogen) atoms. The molecule has 2 rings (SSSR count). The van der Waals surface area contributed by atoms with Crippen molar-refractivity contribution in [2.75, 3.05) is 5.32 Å². The molecule has 1 saturated carbocycles. The summed E-state index contributed by atoms with van der Waals surface area (Å²) in [6.45, 7) is 6.43. The van der Waals surface area contributed by atoms with E-state index in [1.165, 1.54) is 0 Å². The zero-order valence-electron chi connectivity index (χ0n) is 12.9. The van der Waals surface area contributed by atoms with Gasteiger partial charge in [0.15, 0.2) is 0 Å². The monoisotopic (exact) mass is 353 g/mol. The fourth-order valence-electron chi connectivity index (χ4n) is 3.63. The van der Waals surface area contributed by atoms with Gasteiger partial charge < -0.3 is 10.4 Å². The van der Waals surface area contributed by atoms with Gasteiger partial charge in [0.2, 0.25) is 0 Å². The number of rotatable bonds is 3. The van der Waals surface area contributed by atoms with Crippen LogP contribution >= 0.6 is 15.9 Å². The summed E-state index contributed by atoms with van der Waals surface area (Å²) < 4.78 is 0.955. The largest absolute Gasteiger partial charge is 0.479 e. The van der Waals surface area contributed by atoms with Gasteiger partial charge in [-0.05, 0) is 42.4 Å². The Labute approximate surface area is 135 Å². The van der Waals surface area contributed by atoms with E-state index in [-0.39, 0.29) is 11.3 Å². The minimum absolute atomic E-state index is 0.0438. The maximum atomic E-state index is 12.1. The minimum atomic E-state index is -0.878. The number of carboxylic acid groups (broad SMARTS) is 1. The Morgan fingerprint density at radius 3 is 2.67 bits per heavy atom.